The number of hydrogen-bond acceptors (Lipinski definition) is 2. The van der Waals surface area contributed by atoms with Gasteiger partial charge in [0.05, 0.1) is 7.11 Å². The van der Waals surface area contributed by atoms with E-state index in [0.29, 0.717) is 24.8 Å². The molecule has 1 rings (SSSR count). The number of hydrogen-bond donors (Lipinski definition) is 0. The summed E-state index contributed by atoms with van der Waals surface area (Å²) < 4.78 is 18.6. The summed E-state index contributed by atoms with van der Waals surface area (Å²) in [4.78, 5) is 11.3. The fourth-order valence-corrected chi connectivity index (χ4v) is 1.58. The number of carbonyl (C=O) groups is 1. The van der Waals surface area contributed by atoms with E-state index in [1.165, 1.54) is 7.11 Å². The van der Waals surface area contributed by atoms with E-state index in [-0.39, 0.29) is 17.3 Å². The number of carbonyl (C=O) groups excluding carboxylic acids is 1. The molecule has 0 unspecified atom stereocenters. The molecule has 3 heteroatoms. The Morgan fingerprint density at radius 2 is 2.12 bits per heavy atom. The van der Waals surface area contributed by atoms with Crippen molar-refractivity contribution in [2.24, 2.45) is 0 Å². The zero-order valence-electron chi connectivity index (χ0n) is 9.75. The van der Waals surface area contributed by atoms with Crippen LogP contribution in [-0.4, -0.2) is 12.9 Å². The number of ether oxygens (including phenoxy) is 1. The molecule has 0 bridgehead atoms. The molecule has 88 valence electrons. The van der Waals surface area contributed by atoms with Gasteiger partial charge in [-0.1, -0.05) is 19.1 Å². The fraction of sp³-hybridized carbons (Fsp3) is 0.462. The molecule has 0 N–H and O–H groups in total. The highest BCUT2D eigenvalue weighted by Crippen LogP contribution is 2.21. The predicted molar refractivity (Wildman–Crippen MR) is 61.2 cm³/mol. The van der Waals surface area contributed by atoms with E-state index in [4.69, 9.17) is 4.74 Å². The van der Waals surface area contributed by atoms with Gasteiger partial charge < -0.3 is 4.74 Å². The maximum absolute atomic E-state index is 13.7. The Kier molecular flexibility index (Phi) is 4.96. The van der Waals surface area contributed by atoms with Crippen molar-refractivity contribution in [3.8, 4) is 5.75 Å². The standard InChI is InChI=1S/C13H17FO2/c1-3-5-11(15)9-8-10-6-4-7-12(16-2)13(10)14/h4,6-7H,3,5,8-9H2,1-2H3. The summed E-state index contributed by atoms with van der Waals surface area (Å²) in [6, 6.07) is 5.01. The Bertz CT molecular complexity index is 361. The maximum atomic E-state index is 13.7. The molecular weight excluding hydrogens is 207 g/mol. The summed E-state index contributed by atoms with van der Waals surface area (Å²) in [5.41, 5.74) is 0.545. The van der Waals surface area contributed by atoms with Gasteiger partial charge in [0.2, 0.25) is 0 Å². The van der Waals surface area contributed by atoms with Gasteiger partial charge in [-0.2, -0.15) is 0 Å². The molecule has 1 aromatic carbocycles. The lowest BCUT2D eigenvalue weighted by Gasteiger charge is -2.06. The number of methoxy groups -OCH3 is 1. The summed E-state index contributed by atoms with van der Waals surface area (Å²) in [5.74, 6) is 0.0689. The van der Waals surface area contributed by atoms with Crippen LogP contribution in [0.15, 0.2) is 18.2 Å². The molecule has 0 saturated carbocycles. The van der Waals surface area contributed by atoms with Crippen LogP contribution >= 0.6 is 0 Å². The molecule has 0 aliphatic rings. The number of rotatable bonds is 6. The Balaban J connectivity index is 2.63. The van der Waals surface area contributed by atoms with Crippen molar-refractivity contribution in [2.75, 3.05) is 7.11 Å². The summed E-state index contributed by atoms with van der Waals surface area (Å²) in [7, 11) is 1.43. The summed E-state index contributed by atoms with van der Waals surface area (Å²) >= 11 is 0. The Morgan fingerprint density at radius 3 is 2.75 bits per heavy atom. The fourth-order valence-electron chi connectivity index (χ4n) is 1.58. The Morgan fingerprint density at radius 1 is 1.38 bits per heavy atom. The van der Waals surface area contributed by atoms with Gasteiger partial charge in [-0.3, -0.25) is 4.79 Å². The van der Waals surface area contributed by atoms with Crippen LogP contribution in [0.25, 0.3) is 0 Å². The third-order valence-corrected chi connectivity index (χ3v) is 2.47. The normalized spacial score (nSPS) is 10.2. The van der Waals surface area contributed by atoms with E-state index in [0.717, 1.165) is 6.42 Å². The zero-order valence-corrected chi connectivity index (χ0v) is 9.75. The molecule has 0 atom stereocenters. The number of benzene rings is 1. The smallest absolute Gasteiger partial charge is 0.168 e. The third kappa shape index (κ3) is 3.33. The highest BCUT2D eigenvalue weighted by molar-refractivity contribution is 5.78. The van der Waals surface area contributed by atoms with Crippen LogP contribution in [0.2, 0.25) is 0 Å². The second kappa shape index (κ2) is 6.26. The SMILES string of the molecule is CCCC(=O)CCc1cccc(OC)c1F. The third-order valence-electron chi connectivity index (χ3n) is 2.47. The lowest BCUT2D eigenvalue weighted by Crippen LogP contribution is -2.01. The predicted octanol–water partition coefficient (Wildman–Crippen LogP) is 3.14. The molecule has 0 fully saturated rings. The molecular formula is C13H17FO2. The highest BCUT2D eigenvalue weighted by Gasteiger charge is 2.09. The van der Waals surface area contributed by atoms with E-state index in [2.05, 4.69) is 0 Å². The van der Waals surface area contributed by atoms with Gasteiger partial charge in [0.1, 0.15) is 5.78 Å². The first-order valence-corrected chi connectivity index (χ1v) is 5.52. The van der Waals surface area contributed by atoms with Gasteiger partial charge in [0, 0.05) is 12.8 Å². The van der Waals surface area contributed by atoms with Gasteiger partial charge in [0.25, 0.3) is 0 Å². The summed E-state index contributed by atoms with van der Waals surface area (Å²) in [6.07, 6.45) is 2.27. The largest absolute Gasteiger partial charge is 0.494 e. The number of Topliss-reactive ketones (excluding diaryl/α,β-unsaturated/α-hetero) is 1. The second-order valence-electron chi connectivity index (χ2n) is 3.72. The zero-order chi connectivity index (χ0) is 12.0. The van der Waals surface area contributed by atoms with E-state index in [1.807, 2.05) is 6.92 Å². The van der Waals surface area contributed by atoms with Crippen LogP contribution in [0.3, 0.4) is 0 Å². The average Bonchev–Trinajstić information content (AvgIpc) is 2.28. The van der Waals surface area contributed by atoms with Gasteiger partial charge in [0.15, 0.2) is 11.6 Å². The van der Waals surface area contributed by atoms with Crippen molar-refractivity contribution in [1.29, 1.82) is 0 Å². The van der Waals surface area contributed by atoms with E-state index in [9.17, 15) is 9.18 Å². The molecule has 0 aromatic heterocycles. The molecule has 0 aliphatic carbocycles. The molecule has 0 heterocycles. The van der Waals surface area contributed by atoms with E-state index in [1.54, 1.807) is 18.2 Å². The van der Waals surface area contributed by atoms with Gasteiger partial charge in [-0.25, -0.2) is 4.39 Å². The van der Waals surface area contributed by atoms with Crippen LogP contribution in [0, 0.1) is 5.82 Å². The number of halogens is 1. The van der Waals surface area contributed by atoms with Gasteiger partial charge in [-0.05, 0) is 24.5 Å². The number of ketones is 1. The topological polar surface area (TPSA) is 26.3 Å². The van der Waals surface area contributed by atoms with Gasteiger partial charge >= 0.3 is 0 Å². The summed E-state index contributed by atoms with van der Waals surface area (Å²) in [6.45, 7) is 1.96. The van der Waals surface area contributed by atoms with Crippen molar-refractivity contribution in [3.63, 3.8) is 0 Å². The first-order valence-electron chi connectivity index (χ1n) is 5.52. The first kappa shape index (κ1) is 12.7. The lowest BCUT2D eigenvalue weighted by molar-refractivity contribution is -0.119. The van der Waals surface area contributed by atoms with Crippen molar-refractivity contribution < 1.29 is 13.9 Å². The van der Waals surface area contributed by atoms with Crippen LogP contribution in [0.1, 0.15) is 31.7 Å². The van der Waals surface area contributed by atoms with Crippen molar-refractivity contribution in [2.45, 2.75) is 32.6 Å². The van der Waals surface area contributed by atoms with Crippen LogP contribution < -0.4 is 4.74 Å². The van der Waals surface area contributed by atoms with Crippen molar-refractivity contribution >= 4 is 5.78 Å². The van der Waals surface area contributed by atoms with Crippen LogP contribution in [0.4, 0.5) is 4.39 Å². The summed E-state index contributed by atoms with van der Waals surface area (Å²) in [5, 5.41) is 0. The highest BCUT2D eigenvalue weighted by atomic mass is 19.1. The van der Waals surface area contributed by atoms with Gasteiger partial charge in [-0.15, -0.1) is 0 Å². The molecule has 2 nitrogen and oxygen atoms in total. The quantitative estimate of drug-likeness (QED) is 0.742. The first-order chi connectivity index (χ1) is 7.69. The average molecular weight is 224 g/mol. The van der Waals surface area contributed by atoms with Crippen LogP contribution in [0.5, 0.6) is 5.75 Å². The molecule has 0 aliphatic heterocycles. The van der Waals surface area contributed by atoms with Crippen molar-refractivity contribution in [3.05, 3.63) is 29.6 Å². The Labute approximate surface area is 95.4 Å². The van der Waals surface area contributed by atoms with Crippen LogP contribution in [-0.2, 0) is 11.2 Å². The molecule has 16 heavy (non-hydrogen) atoms. The van der Waals surface area contributed by atoms with Crippen molar-refractivity contribution in [1.82, 2.24) is 0 Å². The molecule has 1 aromatic rings. The number of aryl methyl sites for hydroxylation is 1. The van der Waals surface area contributed by atoms with E-state index >= 15 is 0 Å². The van der Waals surface area contributed by atoms with E-state index < -0.39 is 0 Å². The monoisotopic (exact) mass is 224 g/mol. The minimum absolute atomic E-state index is 0.185. The minimum atomic E-state index is -0.353. The maximum Gasteiger partial charge on any atom is 0.168 e. The minimum Gasteiger partial charge on any atom is -0.494 e. The Hall–Kier alpha value is -1.38. The molecule has 0 saturated heterocycles. The molecule has 0 radical (unpaired) electrons. The molecule has 0 amide bonds. The molecule has 0 spiro atoms. The lowest BCUT2D eigenvalue weighted by atomic mass is 10.0. The second-order valence-corrected chi connectivity index (χ2v) is 3.72.